The summed E-state index contributed by atoms with van der Waals surface area (Å²) in [4.78, 5) is 13.0. The van der Waals surface area contributed by atoms with E-state index in [1.54, 1.807) is 24.3 Å². The third-order valence-corrected chi connectivity index (χ3v) is 8.68. The van der Waals surface area contributed by atoms with Gasteiger partial charge in [0.1, 0.15) is 10.7 Å². The summed E-state index contributed by atoms with van der Waals surface area (Å²) in [5, 5.41) is 3.78. The van der Waals surface area contributed by atoms with E-state index in [0.29, 0.717) is 22.5 Å². The van der Waals surface area contributed by atoms with Crippen molar-refractivity contribution in [1.29, 1.82) is 0 Å². The second-order valence-corrected chi connectivity index (χ2v) is 11.9. The van der Waals surface area contributed by atoms with Gasteiger partial charge in [-0.2, -0.15) is 4.98 Å². The van der Waals surface area contributed by atoms with E-state index in [0.717, 1.165) is 32.6 Å². The van der Waals surface area contributed by atoms with Gasteiger partial charge in [0, 0.05) is 35.7 Å². The number of hydrogen-bond acceptors (Lipinski definition) is 7. The van der Waals surface area contributed by atoms with Crippen LogP contribution in [0.3, 0.4) is 0 Å². The van der Waals surface area contributed by atoms with E-state index in [1.165, 1.54) is 44.0 Å². The number of benzene rings is 2. The molecule has 1 fully saturated rings. The summed E-state index contributed by atoms with van der Waals surface area (Å²) in [6, 6.07) is 12.2. The predicted molar refractivity (Wildman–Crippen MR) is 152 cm³/mol. The lowest BCUT2D eigenvalue weighted by Gasteiger charge is -2.23. The Hall–Kier alpha value is -3.57. The van der Waals surface area contributed by atoms with Gasteiger partial charge in [0.2, 0.25) is 11.8 Å². The Morgan fingerprint density at radius 1 is 1.05 bits per heavy atom. The molecule has 0 bridgehead atoms. The van der Waals surface area contributed by atoms with Crippen LogP contribution in [0.4, 0.5) is 20.5 Å². The average molecular weight is 588 g/mol. The Labute approximate surface area is 236 Å². The molecule has 5 rings (SSSR count). The van der Waals surface area contributed by atoms with E-state index in [2.05, 4.69) is 25.0 Å². The summed E-state index contributed by atoms with van der Waals surface area (Å²) in [5.41, 5.74) is 0.672. The molecule has 4 aromatic rings. The lowest BCUT2D eigenvalue weighted by Crippen LogP contribution is -2.23. The Kier molecular flexibility index (Phi) is 7.78. The Morgan fingerprint density at radius 3 is 2.50 bits per heavy atom. The number of halogens is 3. The fraction of sp³-hybridized carbons (Fsp3) is 0.321. The van der Waals surface area contributed by atoms with Crippen molar-refractivity contribution in [2.45, 2.75) is 55.9 Å². The summed E-state index contributed by atoms with van der Waals surface area (Å²) in [5.74, 6) is -2.85. The molecule has 0 saturated heterocycles. The number of methoxy groups -OCH3 is 1. The molecule has 0 unspecified atom stereocenters. The number of hydrogen-bond donors (Lipinski definition) is 2. The number of rotatable bonds is 8. The molecule has 40 heavy (non-hydrogen) atoms. The second-order valence-electron chi connectivity index (χ2n) is 9.81. The zero-order valence-electron chi connectivity index (χ0n) is 21.9. The maximum Gasteiger partial charge on any atom is 0.272 e. The van der Waals surface area contributed by atoms with Crippen molar-refractivity contribution in [3.05, 3.63) is 65.3 Å². The minimum Gasteiger partial charge on any atom is -0.480 e. The zero-order valence-corrected chi connectivity index (χ0v) is 23.5. The van der Waals surface area contributed by atoms with Crippen LogP contribution in [-0.2, 0) is 15.9 Å². The topological polar surface area (TPSA) is 106 Å². The fourth-order valence-corrected chi connectivity index (χ4v) is 6.38. The van der Waals surface area contributed by atoms with Crippen LogP contribution < -0.4 is 14.8 Å². The fourth-order valence-electron chi connectivity index (χ4n) is 4.86. The third-order valence-electron chi connectivity index (χ3n) is 6.82. The van der Waals surface area contributed by atoms with Gasteiger partial charge >= 0.3 is 0 Å². The van der Waals surface area contributed by atoms with Crippen LogP contribution in [0.2, 0.25) is 5.02 Å². The number of fused-ring (bicyclic) bond motifs is 1. The summed E-state index contributed by atoms with van der Waals surface area (Å²) in [7, 11) is -2.68. The van der Waals surface area contributed by atoms with E-state index in [4.69, 9.17) is 16.3 Å². The minimum absolute atomic E-state index is 0.0240. The first-order valence-corrected chi connectivity index (χ1v) is 14.7. The number of sulfonamides is 1. The number of anilines is 2. The number of alkyl halides is 2. The predicted octanol–water partition coefficient (Wildman–Crippen LogP) is 7.01. The molecule has 8 nitrogen and oxygen atoms in total. The first-order chi connectivity index (χ1) is 19.0. The second kappa shape index (κ2) is 11.1. The lowest BCUT2D eigenvalue weighted by molar-refractivity contribution is 0.0189. The van der Waals surface area contributed by atoms with Crippen molar-refractivity contribution in [2.24, 2.45) is 0 Å². The van der Waals surface area contributed by atoms with Gasteiger partial charge < -0.3 is 10.1 Å². The van der Waals surface area contributed by atoms with Crippen molar-refractivity contribution in [1.82, 2.24) is 15.0 Å². The van der Waals surface area contributed by atoms with Gasteiger partial charge in [-0.25, -0.2) is 27.2 Å². The van der Waals surface area contributed by atoms with Gasteiger partial charge in [-0.3, -0.25) is 4.72 Å². The summed E-state index contributed by atoms with van der Waals surface area (Å²) in [6.07, 6.45) is 6.94. The highest BCUT2D eigenvalue weighted by atomic mass is 35.5. The molecule has 2 aromatic carbocycles. The maximum absolute atomic E-state index is 14.9. The smallest absolute Gasteiger partial charge is 0.272 e. The number of nitrogens with one attached hydrogen (secondary N) is 2. The molecule has 0 amide bonds. The van der Waals surface area contributed by atoms with Gasteiger partial charge in [0.15, 0.2) is 0 Å². The molecule has 0 aliphatic heterocycles. The molecular formula is C28H28ClF2N5O3S. The van der Waals surface area contributed by atoms with Gasteiger partial charge in [-0.15, -0.1) is 0 Å². The average Bonchev–Trinajstić information content (AvgIpc) is 2.92. The van der Waals surface area contributed by atoms with Gasteiger partial charge in [-0.1, -0.05) is 43.0 Å². The number of nitrogens with zero attached hydrogens (tertiary/aromatic N) is 3. The zero-order chi connectivity index (χ0) is 28.5. The van der Waals surface area contributed by atoms with E-state index in [1.807, 2.05) is 0 Å². The quantitative estimate of drug-likeness (QED) is 0.228. The van der Waals surface area contributed by atoms with Crippen molar-refractivity contribution in [3.8, 4) is 17.0 Å². The minimum atomic E-state index is -4.04. The molecule has 210 valence electrons. The van der Waals surface area contributed by atoms with Crippen molar-refractivity contribution in [3.63, 3.8) is 0 Å². The molecule has 2 aromatic heterocycles. The molecule has 12 heteroatoms. The molecule has 1 aliphatic rings. The summed E-state index contributed by atoms with van der Waals surface area (Å²) in [6.45, 7) is 0.823. The molecule has 0 spiro atoms. The molecule has 1 aliphatic carbocycles. The van der Waals surface area contributed by atoms with Crippen molar-refractivity contribution >= 4 is 44.3 Å². The molecule has 0 atom stereocenters. The monoisotopic (exact) mass is 587 g/mol. The summed E-state index contributed by atoms with van der Waals surface area (Å²) < 4.78 is 63.3. The normalized spacial score (nSPS) is 14.7. The van der Waals surface area contributed by atoms with Crippen LogP contribution in [0.1, 0.15) is 44.6 Å². The largest absolute Gasteiger partial charge is 0.480 e. The van der Waals surface area contributed by atoms with Gasteiger partial charge in [0.25, 0.3) is 15.9 Å². The Bertz CT molecular complexity index is 1660. The maximum atomic E-state index is 14.9. The van der Waals surface area contributed by atoms with Crippen LogP contribution in [0, 0.1) is 0 Å². The lowest BCUT2D eigenvalue weighted by atomic mass is 9.96. The van der Waals surface area contributed by atoms with Crippen LogP contribution in [-0.4, -0.2) is 36.5 Å². The first kappa shape index (κ1) is 28.0. The van der Waals surface area contributed by atoms with E-state index < -0.39 is 15.9 Å². The highest BCUT2D eigenvalue weighted by Gasteiger charge is 2.30. The van der Waals surface area contributed by atoms with Crippen LogP contribution in [0.25, 0.3) is 22.0 Å². The molecular weight excluding hydrogens is 560 g/mol. The summed E-state index contributed by atoms with van der Waals surface area (Å²) >= 11 is 6.06. The molecule has 0 radical (unpaired) electrons. The van der Waals surface area contributed by atoms with Crippen molar-refractivity contribution < 1.29 is 21.9 Å². The van der Waals surface area contributed by atoms with E-state index in [-0.39, 0.29) is 38.7 Å². The standard InChI is InChI=1S/C28H28ClF2N5O3S/c1-28(30,31)21-15-17(14-18-16-32-27(35-25(18)21)33-19-8-4-3-5-9-19)20-12-13-24(34-26(20)39-2)36-40(37,38)23-11-7-6-10-22(23)29/h6-7,10-16,19H,3-5,8-9H2,1-2H3,(H,34,36)(H,32,33,35). The molecule has 2 heterocycles. The Balaban J connectivity index is 1.51. The van der Waals surface area contributed by atoms with Crippen LogP contribution in [0.5, 0.6) is 5.88 Å². The number of ether oxygens (including phenoxy) is 1. The number of pyridine rings is 1. The van der Waals surface area contributed by atoms with Gasteiger partial charge in [-0.05, 0) is 54.8 Å². The van der Waals surface area contributed by atoms with E-state index >= 15 is 0 Å². The highest BCUT2D eigenvalue weighted by molar-refractivity contribution is 7.92. The SMILES string of the molecule is COc1nc(NS(=O)(=O)c2ccccc2Cl)ccc1-c1cc(C(C)(F)F)c2nc(NC3CCCCC3)ncc2c1. The Morgan fingerprint density at radius 2 is 1.80 bits per heavy atom. The highest BCUT2D eigenvalue weighted by Crippen LogP contribution is 2.39. The van der Waals surface area contributed by atoms with Crippen LogP contribution in [0.15, 0.2) is 59.6 Å². The van der Waals surface area contributed by atoms with Gasteiger partial charge in [0.05, 0.1) is 17.6 Å². The van der Waals surface area contributed by atoms with E-state index in [9.17, 15) is 17.2 Å². The van der Waals surface area contributed by atoms with Crippen molar-refractivity contribution in [2.75, 3.05) is 17.1 Å². The number of aromatic nitrogens is 3. The first-order valence-electron chi connectivity index (χ1n) is 12.8. The van der Waals surface area contributed by atoms with Crippen LogP contribution >= 0.6 is 11.6 Å². The molecule has 1 saturated carbocycles. The third kappa shape index (κ3) is 5.95. The molecule has 2 N–H and O–H groups in total.